The predicted molar refractivity (Wildman–Crippen MR) is 270 cm³/mol. The third-order valence-corrected chi connectivity index (χ3v) is 10.6. The van der Waals surface area contributed by atoms with Crippen LogP contribution in [-0.2, 0) is 28.6 Å². The lowest BCUT2D eigenvalue weighted by molar-refractivity contribution is -0.167. The normalized spacial score (nSPS) is 12.9. The molecule has 0 bridgehead atoms. The molecule has 0 aliphatic heterocycles. The highest BCUT2D eigenvalue weighted by atomic mass is 16.6. The second-order valence-corrected chi connectivity index (χ2v) is 16.7. The number of hydrogen-bond acceptors (Lipinski definition) is 6. The van der Waals surface area contributed by atoms with E-state index >= 15 is 0 Å². The molecular formula is C57H94O6. The average Bonchev–Trinajstić information content (AvgIpc) is 3.28. The van der Waals surface area contributed by atoms with Gasteiger partial charge in [-0.15, -0.1) is 0 Å². The summed E-state index contributed by atoms with van der Waals surface area (Å²) >= 11 is 0. The minimum Gasteiger partial charge on any atom is -0.462 e. The molecule has 0 heterocycles. The number of rotatable bonds is 45. The first-order chi connectivity index (χ1) is 31.0. The standard InChI is InChI=1S/C57H94O6/c1-4-7-10-13-16-19-22-25-27-29-32-35-38-41-44-47-50-56(59)62-53-54(52-61-55(58)49-46-43-40-37-34-31-24-21-18-15-12-9-6-3)63-57(60)51-48-45-42-39-36-33-30-28-26-23-20-17-14-11-8-5-2/h7,9-10,12,15-16,18-19,21,24-25,27-28,30,32,35,54H,4-6,8,11,13-14,17,20,22-23,26,29,31,33-34,36-53H2,1-3H3/b10-7+,12-9+,18-15+,19-16+,24-21+,27-25+,30-28+,35-32+. The summed E-state index contributed by atoms with van der Waals surface area (Å²) in [5.41, 5.74) is 0. The molecule has 0 saturated carbocycles. The Morgan fingerprint density at radius 3 is 1.17 bits per heavy atom. The second kappa shape index (κ2) is 51.0. The van der Waals surface area contributed by atoms with E-state index in [9.17, 15) is 14.4 Å². The van der Waals surface area contributed by atoms with Gasteiger partial charge in [0.15, 0.2) is 6.10 Å². The van der Waals surface area contributed by atoms with Crippen molar-refractivity contribution in [1.29, 1.82) is 0 Å². The lowest BCUT2D eigenvalue weighted by Crippen LogP contribution is -2.30. The molecule has 0 aromatic heterocycles. The Bertz CT molecular complexity index is 1280. The van der Waals surface area contributed by atoms with Gasteiger partial charge in [-0.05, 0) is 103 Å². The number of esters is 3. The van der Waals surface area contributed by atoms with Gasteiger partial charge in [0.05, 0.1) is 0 Å². The first-order valence-corrected chi connectivity index (χ1v) is 25.8. The number of hydrogen-bond donors (Lipinski definition) is 0. The van der Waals surface area contributed by atoms with Crippen LogP contribution in [0, 0.1) is 0 Å². The molecule has 0 aromatic carbocycles. The van der Waals surface area contributed by atoms with Crippen LogP contribution in [-0.4, -0.2) is 37.2 Å². The maximum atomic E-state index is 12.8. The zero-order valence-corrected chi connectivity index (χ0v) is 40.8. The SMILES string of the molecule is CC/C=C/C=C/C=C/CCCCCCCC(=O)OCC(COC(=O)CCCCC/C=C/C/C=C/C/C=C/C/C=C/CC)OC(=O)CCCCCCC/C=C/CCCCCCCCC. The van der Waals surface area contributed by atoms with Crippen molar-refractivity contribution < 1.29 is 28.6 Å². The molecule has 1 atom stereocenters. The highest BCUT2D eigenvalue weighted by molar-refractivity contribution is 5.71. The Labute approximate surface area is 387 Å². The van der Waals surface area contributed by atoms with E-state index in [2.05, 4.69) is 118 Å². The topological polar surface area (TPSA) is 78.9 Å². The fraction of sp³-hybridized carbons (Fsp3) is 0.667. The lowest BCUT2D eigenvalue weighted by atomic mass is 10.1. The largest absolute Gasteiger partial charge is 0.462 e. The first-order valence-electron chi connectivity index (χ1n) is 25.8. The maximum absolute atomic E-state index is 12.8. The molecule has 6 nitrogen and oxygen atoms in total. The van der Waals surface area contributed by atoms with E-state index in [4.69, 9.17) is 14.2 Å². The van der Waals surface area contributed by atoms with Crippen LogP contribution in [0.25, 0.3) is 0 Å². The Kier molecular flexibility index (Phi) is 48.0. The molecule has 63 heavy (non-hydrogen) atoms. The van der Waals surface area contributed by atoms with Crippen LogP contribution in [0.15, 0.2) is 97.2 Å². The van der Waals surface area contributed by atoms with Gasteiger partial charge in [0, 0.05) is 19.3 Å². The zero-order valence-electron chi connectivity index (χ0n) is 40.8. The second-order valence-electron chi connectivity index (χ2n) is 16.7. The summed E-state index contributed by atoms with van der Waals surface area (Å²) in [6.07, 6.45) is 66.7. The van der Waals surface area contributed by atoms with Gasteiger partial charge in [-0.25, -0.2) is 0 Å². The van der Waals surface area contributed by atoms with Crippen molar-refractivity contribution in [3.8, 4) is 0 Å². The lowest BCUT2D eigenvalue weighted by Gasteiger charge is -2.18. The summed E-state index contributed by atoms with van der Waals surface area (Å²) < 4.78 is 16.7. The molecule has 0 spiro atoms. The molecular weight excluding hydrogens is 781 g/mol. The van der Waals surface area contributed by atoms with Gasteiger partial charge in [0.2, 0.25) is 0 Å². The molecule has 6 heteroatoms. The van der Waals surface area contributed by atoms with Crippen LogP contribution >= 0.6 is 0 Å². The van der Waals surface area contributed by atoms with Crippen molar-refractivity contribution >= 4 is 17.9 Å². The van der Waals surface area contributed by atoms with Gasteiger partial charge in [-0.2, -0.15) is 0 Å². The van der Waals surface area contributed by atoms with E-state index in [1.54, 1.807) is 0 Å². The van der Waals surface area contributed by atoms with E-state index in [1.807, 2.05) is 0 Å². The van der Waals surface area contributed by atoms with E-state index in [1.165, 1.54) is 57.8 Å². The van der Waals surface area contributed by atoms with Crippen LogP contribution in [0.3, 0.4) is 0 Å². The van der Waals surface area contributed by atoms with E-state index < -0.39 is 6.10 Å². The van der Waals surface area contributed by atoms with Crippen LogP contribution < -0.4 is 0 Å². The first kappa shape index (κ1) is 59.3. The number of ether oxygens (including phenoxy) is 3. The molecule has 1 unspecified atom stereocenters. The molecule has 0 fully saturated rings. The number of carbonyl (C=O) groups excluding carboxylic acids is 3. The molecule has 0 aromatic rings. The average molecular weight is 875 g/mol. The fourth-order valence-electron chi connectivity index (χ4n) is 6.78. The summed E-state index contributed by atoms with van der Waals surface area (Å²) in [7, 11) is 0. The molecule has 0 aliphatic rings. The molecule has 0 amide bonds. The van der Waals surface area contributed by atoms with Gasteiger partial charge in [0.25, 0.3) is 0 Å². The van der Waals surface area contributed by atoms with Crippen LogP contribution in [0.1, 0.15) is 226 Å². The van der Waals surface area contributed by atoms with Gasteiger partial charge in [0.1, 0.15) is 13.2 Å². The van der Waals surface area contributed by atoms with E-state index in [0.29, 0.717) is 19.3 Å². The van der Waals surface area contributed by atoms with Crippen molar-refractivity contribution in [3.05, 3.63) is 97.2 Å². The van der Waals surface area contributed by atoms with E-state index in [-0.39, 0.29) is 31.1 Å². The van der Waals surface area contributed by atoms with Crippen molar-refractivity contribution in [2.45, 2.75) is 232 Å². The van der Waals surface area contributed by atoms with Crippen molar-refractivity contribution in [3.63, 3.8) is 0 Å². The number of carbonyl (C=O) groups is 3. The highest BCUT2D eigenvalue weighted by Crippen LogP contribution is 2.13. The minimum absolute atomic E-state index is 0.103. The molecule has 0 aliphatic carbocycles. The van der Waals surface area contributed by atoms with Gasteiger partial charge in [-0.1, -0.05) is 201 Å². The Morgan fingerprint density at radius 1 is 0.349 bits per heavy atom. The fourth-order valence-corrected chi connectivity index (χ4v) is 6.78. The smallest absolute Gasteiger partial charge is 0.306 e. The highest BCUT2D eigenvalue weighted by Gasteiger charge is 2.19. The molecule has 0 radical (unpaired) electrons. The van der Waals surface area contributed by atoms with Crippen molar-refractivity contribution in [1.82, 2.24) is 0 Å². The summed E-state index contributed by atoms with van der Waals surface area (Å²) in [6.45, 7) is 6.33. The third-order valence-electron chi connectivity index (χ3n) is 10.6. The molecule has 0 N–H and O–H groups in total. The number of allylic oxidation sites excluding steroid dienone is 16. The summed E-state index contributed by atoms with van der Waals surface area (Å²) in [6, 6.07) is 0. The van der Waals surface area contributed by atoms with Crippen LogP contribution in [0.4, 0.5) is 0 Å². The number of unbranched alkanes of at least 4 members (excludes halogenated alkanes) is 20. The maximum Gasteiger partial charge on any atom is 0.306 e. The minimum atomic E-state index is -0.804. The van der Waals surface area contributed by atoms with E-state index in [0.717, 1.165) is 128 Å². The Hall–Kier alpha value is -3.67. The monoisotopic (exact) mass is 875 g/mol. The van der Waals surface area contributed by atoms with Gasteiger partial charge >= 0.3 is 17.9 Å². The summed E-state index contributed by atoms with van der Waals surface area (Å²) in [5.74, 6) is -0.965. The summed E-state index contributed by atoms with van der Waals surface area (Å²) in [5, 5.41) is 0. The Balaban J connectivity index is 4.49. The van der Waals surface area contributed by atoms with Crippen molar-refractivity contribution in [2.24, 2.45) is 0 Å². The van der Waals surface area contributed by atoms with Crippen molar-refractivity contribution in [2.75, 3.05) is 13.2 Å². The summed E-state index contributed by atoms with van der Waals surface area (Å²) in [4.78, 5) is 38.0. The molecule has 0 saturated heterocycles. The molecule has 358 valence electrons. The predicted octanol–water partition coefficient (Wildman–Crippen LogP) is 17.0. The Morgan fingerprint density at radius 2 is 0.698 bits per heavy atom. The van der Waals surface area contributed by atoms with Crippen LogP contribution in [0.5, 0.6) is 0 Å². The third kappa shape index (κ3) is 49.2. The molecule has 0 rings (SSSR count). The van der Waals surface area contributed by atoms with Gasteiger partial charge < -0.3 is 14.2 Å². The van der Waals surface area contributed by atoms with Crippen LogP contribution in [0.2, 0.25) is 0 Å². The van der Waals surface area contributed by atoms with Gasteiger partial charge in [-0.3, -0.25) is 14.4 Å². The zero-order chi connectivity index (χ0) is 45.8. The quantitative estimate of drug-likeness (QED) is 0.0199.